The van der Waals surface area contributed by atoms with E-state index in [1.54, 1.807) is 0 Å². The third kappa shape index (κ3) is 3.20. The van der Waals surface area contributed by atoms with E-state index in [0.29, 0.717) is 19.7 Å². The van der Waals surface area contributed by atoms with Gasteiger partial charge in [0.05, 0.1) is 19.2 Å². The number of benzene rings is 2. The predicted molar refractivity (Wildman–Crippen MR) is 98.7 cm³/mol. The number of carbonyl (C=O) groups is 1. The van der Waals surface area contributed by atoms with Gasteiger partial charge in [-0.2, -0.15) is 0 Å². The van der Waals surface area contributed by atoms with Gasteiger partial charge in [0.1, 0.15) is 12.4 Å². The number of hydrogen-bond donors (Lipinski definition) is 1. The molecule has 26 heavy (non-hydrogen) atoms. The maximum Gasteiger partial charge on any atom is 0.240 e. The number of aliphatic hydroxyl groups is 1. The smallest absolute Gasteiger partial charge is 0.240 e. The molecule has 2 aromatic rings. The Labute approximate surface area is 153 Å². The molecule has 0 saturated heterocycles. The first-order valence-corrected chi connectivity index (χ1v) is 9.07. The molecule has 0 spiro atoms. The van der Waals surface area contributed by atoms with E-state index in [-0.39, 0.29) is 18.6 Å². The average Bonchev–Trinajstić information content (AvgIpc) is 2.88. The van der Waals surface area contributed by atoms with Crippen molar-refractivity contribution in [1.82, 2.24) is 9.80 Å². The van der Waals surface area contributed by atoms with Crippen LogP contribution in [0.25, 0.3) is 0 Å². The molecule has 1 atom stereocenters. The Morgan fingerprint density at radius 3 is 2.77 bits per heavy atom. The van der Waals surface area contributed by atoms with Gasteiger partial charge in [-0.15, -0.1) is 0 Å². The van der Waals surface area contributed by atoms with Gasteiger partial charge in [-0.05, 0) is 42.3 Å². The zero-order chi connectivity index (χ0) is 18.1. The highest BCUT2D eigenvalue weighted by Crippen LogP contribution is 2.27. The predicted octanol–water partition coefficient (Wildman–Crippen LogP) is 1.96. The summed E-state index contributed by atoms with van der Waals surface area (Å²) in [6, 6.07) is 13.9. The SMILES string of the molecule is CN1Cc2ccccc2C[C@H]1C(=O)N1CCOc2ccc(CO)cc2C1. The molecule has 4 rings (SSSR count). The van der Waals surface area contributed by atoms with Crippen molar-refractivity contribution in [1.29, 1.82) is 0 Å². The number of likely N-dealkylation sites (N-methyl/N-ethyl adjacent to an activating group) is 1. The number of rotatable bonds is 2. The maximum atomic E-state index is 13.3. The lowest BCUT2D eigenvalue weighted by atomic mass is 9.93. The number of fused-ring (bicyclic) bond motifs is 2. The molecule has 0 unspecified atom stereocenters. The molecule has 136 valence electrons. The van der Waals surface area contributed by atoms with E-state index in [1.165, 1.54) is 11.1 Å². The van der Waals surface area contributed by atoms with Crippen molar-refractivity contribution in [3.05, 3.63) is 64.7 Å². The highest BCUT2D eigenvalue weighted by Gasteiger charge is 2.33. The Kier molecular flexibility index (Phi) is 4.66. The number of aliphatic hydroxyl groups excluding tert-OH is 1. The Morgan fingerprint density at radius 2 is 1.96 bits per heavy atom. The monoisotopic (exact) mass is 352 g/mol. The van der Waals surface area contributed by atoms with Crippen LogP contribution in [0.4, 0.5) is 0 Å². The molecule has 5 heteroatoms. The Balaban J connectivity index is 1.56. The number of nitrogens with zero attached hydrogens (tertiary/aromatic N) is 2. The lowest BCUT2D eigenvalue weighted by Crippen LogP contribution is -2.50. The molecule has 0 bridgehead atoms. The summed E-state index contributed by atoms with van der Waals surface area (Å²) in [5.41, 5.74) is 4.36. The van der Waals surface area contributed by atoms with Gasteiger partial charge in [-0.25, -0.2) is 0 Å². The van der Waals surface area contributed by atoms with Gasteiger partial charge in [0.25, 0.3) is 0 Å². The van der Waals surface area contributed by atoms with Crippen molar-refractivity contribution in [3.63, 3.8) is 0 Å². The molecule has 2 aliphatic rings. The summed E-state index contributed by atoms with van der Waals surface area (Å²) < 4.78 is 5.81. The van der Waals surface area contributed by atoms with Crippen LogP contribution in [0.2, 0.25) is 0 Å². The molecule has 0 aromatic heterocycles. The van der Waals surface area contributed by atoms with Crippen LogP contribution in [0.1, 0.15) is 22.3 Å². The van der Waals surface area contributed by atoms with Gasteiger partial charge in [-0.3, -0.25) is 9.69 Å². The molecule has 2 heterocycles. The third-order valence-corrected chi connectivity index (χ3v) is 5.37. The second kappa shape index (κ2) is 7.09. The van der Waals surface area contributed by atoms with Crippen LogP contribution in [0.15, 0.2) is 42.5 Å². The van der Waals surface area contributed by atoms with Crippen LogP contribution in [0.3, 0.4) is 0 Å². The molecule has 0 fully saturated rings. The van der Waals surface area contributed by atoms with E-state index in [2.05, 4.69) is 23.1 Å². The number of amides is 1. The number of ether oxygens (including phenoxy) is 1. The topological polar surface area (TPSA) is 53.0 Å². The van der Waals surface area contributed by atoms with E-state index in [1.807, 2.05) is 36.2 Å². The Hall–Kier alpha value is -2.37. The van der Waals surface area contributed by atoms with Crippen LogP contribution in [-0.4, -0.2) is 47.1 Å². The van der Waals surface area contributed by atoms with Crippen molar-refractivity contribution in [2.75, 3.05) is 20.2 Å². The lowest BCUT2D eigenvalue weighted by Gasteiger charge is -2.36. The summed E-state index contributed by atoms with van der Waals surface area (Å²) in [4.78, 5) is 17.3. The molecule has 2 aliphatic heterocycles. The van der Waals surface area contributed by atoms with Crippen LogP contribution < -0.4 is 4.74 Å². The minimum Gasteiger partial charge on any atom is -0.491 e. The maximum absolute atomic E-state index is 13.3. The molecule has 0 radical (unpaired) electrons. The van der Waals surface area contributed by atoms with Crippen molar-refractivity contribution < 1.29 is 14.6 Å². The minimum atomic E-state index is -0.146. The van der Waals surface area contributed by atoms with E-state index >= 15 is 0 Å². The minimum absolute atomic E-state index is 0.0105. The second-order valence-electron chi connectivity index (χ2n) is 7.11. The fourth-order valence-corrected chi connectivity index (χ4v) is 3.87. The Bertz CT molecular complexity index is 821. The summed E-state index contributed by atoms with van der Waals surface area (Å²) >= 11 is 0. The van der Waals surface area contributed by atoms with Crippen LogP contribution >= 0.6 is 0 Å². The zero-order valence-corrected chi connectivity index (χ0v) is 15.0. The van der Waals surface area contributed by atoms with Crippen molar-refractivity contribution in [2.24, 2.45) is 0 Å². The van der Waals surface area contributed by atoms with E-state index < -0.39 is 0 Å². The van der Waals surface area contributed by atoms with Gasteiger partial charge in [0.15, 0.2) is 0 Å². The van der Waals surface area contributed by atoms with E-state index in [0.717, 1.165) is 29.8 Å². The van der Waals surface area contributed by atoms with Gasteiger partial charge in [-0.1, -0.05) is 30.3 Å². The largest absolute Gasteiger partial charge is 0.491 e. The van der Waals surface area contributed by atoms with Crippen molar-refractivity contribution in [2.45, 2.75) is 32.2 Å². The lowest BCUT2D eigenvalue weighted by molar-refractivity contribution is -0.137. The van der Waals surface area contributed by atoms with Crippen LogP contribution in [-0.2, 0) is 30.9 Å². The first-order chi connectivity index (χ1) is 12.7. The van der Waals surface area contributed by atoms with Crippen LogP contribution in [0, 0.1) is 0 Å². The third-order valence-electron chi connectivity index (χ3n) is 5.37. The van der Waals surface area contributed by atoms with Gasteiger partial charge in [0.2, 0.25) is 5.91 Å². The Morgan fingerprint density at radius 1 is 1.15 bits per heavy atom. The highest BCUT2D eigenvalue weighted by atomic mass is 16.5. The normalized spacial score (nSPS) is 19.9. The zero-order valence-electron chi connectivity index (χ0n) is 15.0. The van der Waals surface area contributed by atoms with Crippen molar-refractivity contribution >= 4 is 5.91 Å². The van der Waals surface area contributed by atoms with E-state index in [9.17, 15) is 9.90 Å². The summed E-state index contributed by atoms with van der Waals surface area (Å²) in [7, 11) is 2.02. The fraction of sp³-hybridized carbons (Fsp3) is 0.381. The first kappa shape index (κ1) is 17.1. The summed E-state index contributed by atoms with van der Waals surface area (Å²) in [6.07, 6.45) is 0.742. The quantitative estimate of drug-likeness (QED) is 0.898. The molecule has 2 aromatic carbocycles. The van der Waals surface area contributed by atoms with Crippen molar-refractivity contribution in [3.8, 4) is 5.75 Å². The molecular weight excluding hydrogens is 328 g/mol. The number of carbonyl (C=O) groups excluding carboxylic acids is 1. The van der Waals surface area contributed by atoms with Crippen LogP contribution in [0.5, 0.6) is 5.75 Å². The summed E-state index contributed by atoms with van der Waals surface area (Å²) in [5, 5.41) is 9.39. The molecular formula is C21H24N2O3. The summed E-state index contributed by atoms with van der Waals surface area (Å²) in [6.45, 7) is 2.37. The van der Waals surface area contributed by atoms with Gasteiger partial charge >= 0.3 is 0 Å². The second-order valence-corrected chi connectivity index (χ2v) is 7.11. The molecule has 1 amide bonds. The first-order valence-electron chi connectivity index (χ1n) is 9.07. The fourth-order valence-electron chi connectivity index (χ4n) is 3.87. The molecule has 0 aliphatic carbocycles. The molecule has 0 saturated carbocycles. The van der Waals surface area contributed by atoms with Gasteiger partial charge in [0, 0.05) is 18.7 Å². The number of hydrogen-bond acceptors (Lipinski definition) is 4. The molecule has 1 N–H and O–H groups in total. The standard InChI is InChI=1S/C21H24N2O3/c1-22-12-17-5-3-2-4-16(17)11-19(22)21(25)23-8-9-26-20-7-6-15(14-24)10-18(20)13-23/h2-7,10,19,24H,8-9,11-14H2,1H3/t19-/m0/s1. The highest BCUT2D eigenvalue weighted by molar-refractivity contribution is 5.82. The molecule has 5 nitrogen and oxygen atoms in total. The van der Waals surface area contributed by atoms with E-state index in [4.69, 9.17) is 4.74 Å². The average molecular weight is 352 g/mol. The van der Waals surface area contributed by atoms with Gasteiger partial charge < -0.3 is 14.7 Å². The summed E-state index contributed by atoms with van der Waals surface area (Å²) in [5.74, 6) is 0.952.